The van der Waals surface area contributed by atoms with Gasteiger partial charge in [-0.2, -0.15) is 0 Å². The minimum absolute atomic E-state index is 0.0970. The van der Waals surface area contributed by atoms with Gasteiger partial charge in [0.1, 0.15) is 78.7 Å². The highest BCUT2D eigenvalue weighted by Gasteiger charge is 2.42. The van der Waals surface area contributed by atoms with E-state index in [0.29, 0.717) is 29.3 Å². The van der Waals surface area contributed by atoms with Crippen molar-refractivity contribution in [3.63, 3.8) is 0 Å². The highest BCUT2D eigenvalue weighted by Crippen LogP contribution is 2.26. The van der Waals surface area contributed by atoms with E-state index < -0.39 is 268 Å². The summed E-state index contributed by atoms with van der Waals surface area (Å²) in [6, 6.07) is -10.7. The molecular weight excluding hydrogens is 1550 g/mol. The Morgan fingerprint density at radius 2 is 1.14 bits per heavy atom. The number of primary amides is 1. The molecule has 2 aliphatic heterocycles. The number of esters is 1. The summed E-state index contributed by atoms with van der Waals surface area (Å²) in [5.74, 6) is -30.0. The van der Waals surface area contributed by atoms with Crippen molar-refractivity contribution in [1.29, 1.82) is 0 Å². The lowest BCUT2D eigenvalue weighted by molar-refractivity contribution is -0.156. The summed E-state index contributed by atoms with van der Waals surface area (Å²) in [6.07, 6.45) is -4.44. The smallest absolute Gasteiger partial charge is 0.329 e. The molecule has 3 heterocycles. The molecule has 640 valence electrons. The summed E-state index contributed by atoms with van der Waals surface area (Å²) >= 11 is 0. The van der Waals surface area contributed by atoms with Crippen molar-refractivity contribution >= 4 is 135 Å². The van der Waals surface area contributed by atoms with Crippen molar-refractivity contribution in [2.75, 3.05) is 32.0 Å². The Morgan fingerprint density at radius 1 is 0.564 bits per heavy atom. The molecule has 2 aromatic carbocycles. The molecule has 2 fully saturated rings. The molecule has 44 heteroatoms. The van der Waals surface area contributed by atoms with Gasteiger partial charge in [-0.1, -0.05) is 69.9 Å². The van der Waals surface area contributed by atoms with Crippen molar-refractivity contribution < 1.29 is 131 Å². The molecule has 3 aromatic rings. The number of aliphatic carboxylic acids is 4. The zero-order chi connectivity index (χ0) is 86.9. The van der Waals surface area contributed by atoms with Crippen molar-refractivity contribution in [1.82, 2.24) is 74.1 Å². The molecule has 3 unspecified atom stereocenters. The lowest BCUT2D eigenvalue weighted by atomic mass is 9.96. The number of benzene rings is 2. The number of rotatable bonds is 33. The number of amides is 14. The third kappa shape index (κ3) is 30.8. The monoisotopic (exact) mass is 1650 g/mol. The number of nitrogens with one attached hydrogen (secondary N) is 14. The number of carboxylic acids is 4. The molecule has 2 aliphatic rings. The number of hydrogen-bond donors (Lipinski definition) is 22. The summed E-state index contributed by atoms with van der Waals surface area (Å²) in [7, 11) is 0. The SMILES string of the molecule is CCCCCCC1CCC(C(=O)NC(Cc2c[nH]c3ccccc23)C(=O)N[C@@H](CC(N)=O)C(=O)N[C@@H](CC(=O)O)C(=O)N[C@@H]2C(=O)NCC(=O)N[C@@H](CCCN)C(=O)N[C@@H](CC(=O)O)C(=O)N[C@H](C)C(=O)N[C@@H](CC(=O)O)C(=O)NCC(=O)N[C@H](CO)C(=O)N[C@@H]([C@H](C)CC(=O)O)C(=O)N[C@@H](CC(=O)c3ccccc3N)C(=O)O[C@@H]2C)O1. The topological polar surface area (TPSA) is 711 Å². The van der Waals surface area contributed by atoms with Crippen LogP contribution in [-0.2, 0) is 107 Å². The third-order valence-electron chi connectivity index (χ3n) is 18.6. The number of aliphatic hydroxyl groups excluding tert-OH is 1. The van der Waals surface area contributed by atoms with Crippen molar-refractivity contribution in [3.8, 4) is 0 Å². The van der Waals surface area contributed by atoms with Gasteiger partial charge < -0.3 is 126 Å². The Bertz CT molecular complexity index is 4160. The van der Waals surface area contributed by atoms with Gasteiger partial charge in [0, 0.05) is 41.2 Å². The number of nitrogen functional groups attached to an aromatic ring is 1. The first kappa shape index (κ1) is 94.9. The zero-order valence-electron chi connectivity index (χ0n) is 64.4. The number of carbonyl (C=O) groups excluding carboxylic acids is 16. The Hall–Kier alpha value is -12.7. The average molecular weight is 1650 g/mol. The maximum atomic E-state index is 14.9. The van der Waals surface area contributed by atoms with Gasteiger partial charge in [0.25, 0.3) is 0 Å². The number of para-hydroxylation sites is 2. The first-order chi connectivity index (χ1) is 55.3. The van der Waals surface area contributed by atoms with Crippen LogP contribution in [0, 0.1) is 5.92 Å². The molecule has 14 amide bonds. The Kier molecular flexibility index (Phi) is 37.8. The number of fused-ring (bicyclic) bond motifs is 1. The number of nitrogens with two attached hydrogens (primary N) is 3. The van der Waals surface area contributed by atoms with Crippen LogP contribution in [0.15, 0.2) is 54.7 Å². The second kappa shape index (κ2) is 46.6. The fourth-order valence-corrected chi connectivity index (χ4v) is 12.4. The van der Waals surface area contributed by atoms with Crippen LogP contribution in [0.25, 0.3) is 10.9 Å². The molecule has 2 saturated heterocycles. The predicted molar refractivity (Wildman–Crippen MR) is 404 cm³/mol. The maximum Gasteiger partial charge on any atom is 0.329 e. The predicted octanol–water partition coefficient (Wildman–Crippen LogP) is -6.24. The molecular formula is C73H101N17O27. The van der Waals surface area contributed by atoms with Crippen LogP contribution >= 0.6 is 0 Å². The van der Waals surface area contributed by atoms with E-state index in [1.54, 1.807) is 30.5 Å². The normalized spacial score (nSPS) is 23.0. The highest BCUT2D eigenvalue weighted by molar-refractivity contribution is 6.05. The number of aromatic amines is 1. The first-order valence-electron chi connectivity index (χ1n) is 37.5. The fourth-order valence-electron chi connectivity index (χ4n) is 12.4. The summed E-state index contributed by atoms with van der Waals surface area (Å²) in [4.78, 5) is 277. The van der Waals surface area contributed by atoms with Gasteiger partial charge in [0.15, 0.2) is 5.78 Å². The lowest BCUT2D eigenvalue weighted by Crippen LogP contribution is -2.62. The van der Waals surface area contributed by atoms with E-state index in [1.165, 1.54) is 24.3 Å². The van der Waals surface area contributed by atoms with Gasteiger partial charge >= 0.3 is 29.8 Å². The van der Waals surface area contributed by atoms with E-state index in [2.05, 4.69) is 65.1 Å². The van der Waals surface area contributed by atoms with Crippen LogP contribution in [0.3, 0.4) is 0 Å². The highest BCUT2D eigenvalue weighted by atomic mass is 16.5. The van der Waals surface area contributed by atoms with Crippen LogP contribution in [-0.4, -0.2) is 260 Å². The largest absolute Gasteiger partial charge is 0.481 e. The standard InChI is InChI=1S/C73H101N17O27/c1-5-6-7-8-14-38-20-21-52(117-38)70(112)87-44(24-37-30-77-42-18-12-10-15-39(37)42)66(108)84-45(26-53(76)93)67(109)86-48(29-59(102)103)68(110)90-61-36(4)116-73(115)49(25-51(92)40-16-9-11-17-41(40)75)88-72(114)60(34(2)23-56(96)97)89-69(111)50(33-91)82-55(95)31-78-63(105)46(27-57(98)99)83-62(104)35(3)80-65(107)47(28-58(100)101)85-64(106)43(19-13-22-74)81-54(94)32-79-71(61)113/h9-12,15-18,30,34-36,38,43-50,52,60-61,77,91H,5-8,13-14,19-29,31-33,74-75H2,1-4H3,(H2,76,93)(H,78,105)(H,79,113)(H,80,107)(H,81,94)(H,82,95)(H,83,104)(H,84,108)(H,85,106)(H,86,109)(H,87,112)(H,88,114)(H,89,111)(H,90,110)(H,96,97)(H,98,99)(H,100,101)(H,102,103)/t34-,35-,36-,38?,43+,44?,45+,46+,47+,48+,49+,50-,52?,60+,61+/m1/s1. The van der Waals surface area contributed by atoms with E-state index in [0.717, 1.165) is 46.5 Å². The van der Waals surface area contributed by atoms with Crippen molar-refractivity contribution in [2.45, 2.75) is 215 Å². The molecule has 15 atom stereocenters. The van der Waals surface area contributed by atoms with Gasteiger partial charge in [-0.25, -0.2) is 4.79 Å². The molecule has 44 nitrogen and oxygen atoms in total. The number of ether oxygens (including phenoxy) is 2. The summed E-state index contributed by atoms with van der Waals surface area (Å²) < 4.78 is 11.8. The van der Waals surface area contributed by atoms with E-state index in [-0.39, 0.29) is 43.2 Å². The van der Waals surface area contributed by atoms with Gasteiger partial charge in [0.2, 0.25) is 82.7 Å². The molecule has 0 bridgehead atoms. The van der Waals surface area contributed by atoms with E-state index in [4.69, 9.17) is 26.7 Å². The summed E-state index contributed by atoms with van der Waals surface area (Å²) in [5.41, 5.74) is 18.1. The third-order valence-corrected chi connectivity index (χ3v) is 18.6. The molecule has 25 N–H and O–H groups in total. The Morgan fingerprint density at radius 3 is 1.75 bits per heavy atom. The van der Waals surface area contributed by atoms with Gasteiger partial charge in [-0.15, -0.1) is 0 Å². The number of anilines is 1. The molecule has 0 radical (unpaired) electrons. The van der Waals surface area contributed by atoms with Gasteiger partial charge in [-0.3, -0.25) is 91.1 Å². The Labute approximate surface area is 667 Å². The van der Waals surface area contributed by atoms with Crippen LogP contribution < -0.4 is 86.3 Å². The summed E-state index contributed by atoms with van der Waals surface area (Å²) in [5, 5.41) is 78.7. The Balaban J connectivity index is 1.60. The number of H-pyrrole nitrogens is 1. The quantitative estimate of drug-likeness (QED) is 0.0117. The first-order valence-corrected chi connectivity index (χ1v) is 37.5. The second-order valence-corrected chi connectivity index (χ2v) is 28.0. The number of carbonyl (C=O) groups is 20. The number of aliphatic hydroxyl groups is 1. The molecule has 0 aliphatic carbocycles. The zero-order valence-corrected chi connectivity index (χ0v) is 64.4. The number of hydrogen-bond acceptors (Lipinski definition) is 25. The van der Waals surface area contributed by atoms with Crippen molar-refractivity contribution in [2.24, 2.45) is 17.4 Å². The average Bonchev–Trinajstić information content (AvgIpc) is 1.67. The number of Topliss-reactive ketones (excluding diaryl/α,β-unsaturated/α-hetero) is 1. The lowest BCUT2D eigenvalue weighted by Gasteiger charge is -2.30. The van der Waals surface area contributed by atoms with Gasteiger partial charge in [0.05, 0.1) is 57.9 Å². The number of aromatic nitrogens is 1. The van der Waals surface area contributed by atoms with E-state index in [1.807, 2.05) is 16.0 Å². The fraction of sp³-hybridized carbons (Fsp3) is 0.534. The van der Waals surface area contributed by atoms with Crippen LogP contribution in [0.4, 0.5) is 5.69 Å². The molecule has 1 aromatic heterocycles. The molecule has 5 rings (SSSR count). The second-order valence-electron chi connectivity index (χ2n) is 28.0. The number of carboxylic acid groups (broad SMARTS) is 4. The number of cyclic esters (lactones) is 1. The number of ketones is 1. The minimum Gasteiger partial charge on any atom is -0.481 e. The number of unbranched alkanes of at least 4 members (excludes halogenated alkanes) is 3. The summed E-state index contributed by atoms with van der Waals surface area (Å²) in [6.45, 7) is 1.08. The van der Waals surface area contributed by atoms with E-state index >= 15 is 0 Å². The van der Waals surface area contributed by atoms with Crippen LogP contribution in [0.2, 0.25) is 0 Å². The van der Waals surface area contributed by atoms with Crippen LogP contribution in [0.1, 0.15) is 140 Å². The van der Waals surface area contributed by atoms with Gasteiger partial charge in [-0.05, 0) is 82.2 Å². The van der Waals surface area contributed by atoms with Crippen LogP contribution in [0.5, 0.6) is 0 Å². The molecule has 0 spiro atoms. The van der Waals surface area contributed by atoms with E-state index in [9.17, 15) is 121 Å². The molecule has 0 saturated carbocycles. The van der Waals surface area contributed by atoms with Crippen molar-refractivity contribution in [3.05, 3.63) is 65.9 Å². The molecule has 117 heavy (non-hydrogen) atoms. The minimum atomic E-state index is -2.46. The maximum absolute atomic E-state index is 14.9.